The number of aromatic nitrogens is 2. The molecule has 1 aromatic rings. The van der Waals surface area contributed by atoms with Gasteiger partial charge in [0.1, 0.15) is 4.47 Å². The Morgan fingerprint density at radius 3 is 2.95 bits per heavy atom. The monoisotopic (exact) mass is 342 g/mol. The lowest BCUT2D eigenvalue weighted by Crippen LogP contribution is -2.30. The zero-order chi connectivity index (χ0) is 14.7. The third-order valence-corrected chi connectivity index (χ3v) is 4.37. The largest absolute Gasteiger partial charge is 0.369 e. The molecule has 0 saturated carbocycles. The van der Waals surface area contributed by atoms with E-state index in [9.17, 15) is 4.79 Å². The lowest BCUT2D eigenvalue weighted by molar-refractivity contribution is 0.462. The van der Waals surface area contributed by atoms with E-state index in [0.717, 1.165) is 31.7 Å². The van der Waals surface area contributed by atoms with E-state index in [4.69, 9.17) is 0 Å². The number of nitrogens with one attached hydrogen (secondary N) is 1. The van der Waals surface area contributed by atoms with Crippen LogP contribution >= 0.6 is 15.9 Å². The van der Waals surface area contributed by atoms with Gasteiger partial charge in [0.05, 0.1) is 11.9 Å². The second kappa shape index (κ2) is 6.72. The van der Waals surface area contributed by atoms with Crippen LogP contribution in [-0.2, 0) is 6.54 Å². The fraction of sp³-hybridized carbons (Fsp3) is 0.714. The number of hydrogen-bond donors (Lipinski definition) is 1. The first-order valence-corrected chi connectivity index (χ1v) is 7.97. The molecule has 1 unspecified atom stereocenters. The number of rotatable bonds is 5. The van der Waals surface area contributed by atoms with Gasteiger partial charge in [-0.2, -0.15) is 5.10 Å². The molecular weight excluding hydrogens is 320 g/mol. The first kappa shape index (κ1) is 15.5. The highest BCUT2D eigenvalue weighted by Gasteiger charge is 2.25. The van der Waals surface area contributed by atoms with Gasteiger partial charge in [-0.1, -0.05) is 13.8 Å². The van der Waals surface area contributed by atoms with E-state index in [-0.39, 0.29) is 5.56 Å². The molecule has 0 radical (unpaired) electrons. The van der Waals surface area contributed by atoms with Gasteiger partial charge >= 0.3 is 0 Å². The molecule has 0 bridgehead atoms. The van der Waals surface area contributed by atoms with Crippen LogP contribution in [0.2, 0.25) is 0 Å². The maximum atomic E-state index is 12.3. The quantitative estimate of drug-likeness (QED) is 0.884. The average molecular weight is 343 g/mol. The number of nitrogens with zero attached hydrogens (tertiary/aromatic N) is 3. The van der Waals surface area contributed by atoms with Crippen molar-refractivity contribution in [3.63, 3.8) is 0 Å². The van der Waals surface area contributed by atoms with Crippen LogP contribution in [0.3, 0.4) is 0 Å². The van der Waals surface area contributed by atoms with Crippen molar-refractivity contribution < 1.29 is 0 Å². The van der Waals surface area contributed by atoms with Crippen molar-refractivity contribution in [2.45, 2.75) is 26.8 Å². The van der Waals surface area contributed by atoms with Crippen LogP contribution in [0.1, 0.15) is 20.3 Å². The Kier molecular flexibility index (Phi) is 5.21. The van der Waals surface area contributed by atoms with Crippen LogP contribution in [-0.4, -0.2) is 36.5 Å². The van der Waals surface area contributed by atoms with Gasteiger partial charge in [-0.3, -0.25) is 4.79 Å². The predicted molar refractivity (Wildman–Crippen MR) is 85.3 cm³/mol. The summed E-state index contributed by atoms with van der Waals surface area (Å²) in [6.07, 6.45) is 2.97. The summed E-state index contributed by atoms with van der Waals surface area (Å²) in [5.74, 6) is 1.05. The molecule has 0 spiro atoms. The van der Waals surface area contributed by atoms with Crippen LogP contribution in [0.15, 0.2) is 15.5 Å². The van der Waals surface area contributed by atoms with Gasteiger partial charge in [0.2, 0.25) is 0 Å². The summed E-state index contributed by atoms with van der Waals surface area (Å²) in [6.45, 7) is 7.80. The smallest absolute Gasteiger partial charge is 0.283 e. The lowest BCUT2D eigenvalue weighted by atomic mass is 10.1. The van der Waals surface area contributed by atoms with E-state index >= 15 is 0 Å². The molecule has 112 valence electrons. The molecule has 1 saturated heterocycles. The summed E-state index contributed by atoms with van der Waals surface area (Å²) in [5, 5.41) is 7.53. The molecule has 1 aromatic heterocycles. The fourth-order valence-electron chi connectivity index (χ4n) is 2.66. The molecule has 5 nitrogen and oxygen atoms in total. The molecule has 1 atom stereocenters. The second-order valence-corrected chi connectivity index (χ2v) is 6.68. The maximum Gasteiger partial charge on any atom is 0.283 e. The fourth-order valence-corrected chi connectivity index (χ4v) is 3.22. The highest BCUT2D eigenvalue weighted by Crippen LogP contribution is 2.27. The summed E-state index contributed by atoms with van der Waals surface area (Å²) in [6, 6.07) is 0. The Morgan fingerprint density at radius 1 is 1.55 bits per heavy atom. The molecule has 2 heterocycles. The van der Waals surface area contributed by atoms with Crippen molar-refractivity contribution >= 4 is 21.6 Å². The molecular formula is C14H23BrN4O. The first-order chi connectivity index (χ1) is 9.52. The minimum atomic E-state index is -0.0340. The Bertz CT molecular complexity index is 514. The van der Waals surface area contributed by atoms with E-state index in [0.29, 0.717) is 22.9 Å². The van der Waals surface area contributed by atoms with E-state index in [1.165, 1.54) is 0 Å². The van der Waals surface area contributed by atoms with E-state index < -0.39 is 0 Å². The molecule has 1 aliphatic rings. The summed E-state index contributed by atoms with van der Waals surface area (Å²) in [5.41, 5.74) is 0.891. The van der Waals surface area contributed by atoms with Crippen LogP contribution in [0, 0.1) is 11.8 Å². The van der Waals surface area contributed by atoms with Crippen molar-refractivity contribution in [2.75, 3.05) is 31.6 Å². The summed E-state index contributed by atoms with van der Waals surface area (Å²) in [7, 11) is 1.98. The van der Waals surface area contributed by atoms with Gasteiger partial charge in [-0.25, -0.2) is 4.68 Å². The van der Waals surface area contributed by atoms with Crippen molar-refractivity contribution in [3.8, 4) is 0 Å². The van der Waals surface area contributed by atoms with Crippen molar-refractivity contribution in [2.24, 2.45) is 11.8 Å². The molecule has 0 aromatic carbocycles. The van der Waals surface area contributed by atoms with Crippen LogP contribution in [0.5, 0.6) is 0 Å². The number of halogens is 1. The lowest BCUT2D eigenvalue weighted by Gasteiger charge is -2.20. The third-order valence-electron chi connectivity index (χ3n) is 3.62. The van der Waals surface area contributed by atoms with Crippen molar-refractivity contribution in [1.82, 2.24) is 15.1 Å². The average Bonchev–Trinajstić information content (AvgIpc) is 2.84. The normalized spacial score (nSPS) is 19.1. The second-order valence-electron chi connectivity index (χ2n) is 5.88. The molecule has 1 fully saturated rings. The molecule has 1 N–H and O–H groups in total. The van der Waals surface area contributed by atoms with Crippen molar-refractivity contribution in [3.05, 3.63) is 21.0 Å². The van der Waals surface area contributed by atoms with Gasteiger partial charge in [0.15, 0.2) is 0 Å². The minimum Gasteiger partial charge on any atom is -0.369 e. The maximum absolute atomic E-state index is 12.3. The topological polar surface area (TPSA) is 50.2 Å². The Morgan fingerprint density at radius 2 is 2.30 bits per heavy atom. The van der Waals surface area contributed by atoms with Gasteiger partial charge in [0, 0.05) is 19.6 Å². The van der Waals surface area contributed by atoms with Gasteiger partial charge in [-0.15, -0.1) is 0 Å². The molecule has 0 aliphatic carbocycles. The van der Waals surface area contributed by atoms with E-state index in [2.05, 4.69) is 45.1 Å². The van der Waals surface area contributed by atoms with Crippen molar-refractivity contribution in [1.29, 1.82) is 0 Å². The number of hydrogen-bond acceptors (Lipinski definition) is 4. The Labute approximate surface area is 128 Å². The van der Waals surface area contributed by atoms with E-state index in [1.54, 1.807) is 4.68 Å². The van der Waals surface area contributed by atoms with Crippen LogP contribution < -0.4 is 15.8 Å². The molecule has 6 heteroatoms. The SMILES string of the molecule is CNCC1CCN(c2cnn(CC(C)C)c(=O)c2Br)C1. The Balaban J connectivity index is 2.18. The van der Waals surface area contributed by atoms with Crippen LogP contribution in [0.25, 0.3) is 0 Å². The van der Waals surface area contributed by atoms with Gasteiger partial charge in [-0.05, 0) is 47.8 Å². The van der Waals surface area contributed by atoms with Gasteiger partial charge < -0.3 is 10.2 Å². The Hall–Kier alpha value is -0.880. The highest BCUT2D eigenvalue weighted by molar-refractivity contribution is 9.10. The third kappa shape index (κ3) is 3.41. The first-order valence-electron chi connectivity index (χ1n) is 7.18. The predicted octanol–water partition coefficient (Wildman–Crippen LogP) is 1.71. The zero-order valence-electron chi connectivity index (χ0n) is 12.4. The van der Waals surface area contributed by atoms with E-state index in [1.807, 2.05) is 13.2 Å². The summed E-state index contributed by atoms with van der Waals surface area (Å²) < 4.78 is 2.18. The molecule has 20 heavy (non-hydrogen) atoms. The van der Waals surface area contributed by atoms with Gasteiger partial charge in [0.25, 0.3) is 5.56 Å². The zero-order valence-corrected chi connectivity index (χ0v) is 14.0. The molecule has 2 rings (SSSR count). The summed E-state index contributed by atoms with van der Waals surface area (Å²) in [4.78, 5) is 14.6. The van der Waals surface area contributed by atoms with Crippen LogP contribution in [0.4, 0.5) is 5.69 Å². The summed E-state index contributed by atoms with van der Waals surface area (Å²) >= 11 is 3.46. The number of anilines is 1. The standard InChI is InChI=1S/C14H23BrN4O/c1-10(2)8-19-14(20)13(15)12(7-17-19)18-5-4-11(9-18)6-16-3/h7,10-11,16H,4-6,8-9H2,1-3H3. The molecule has 1 aliphatic heterocycles. The molecule has 0 amide bonds. The minimum absolute atomic E-state index is 0.0340. The highest BCUT2D eigenvalue weighted by atomic mass is 79.9.